The van der Waals surface area contributed by atoms with E-state index >= 15 is 0 Å². The molecule has 2 N–H and O–H groups in total. The van der Waals surface area contributed by atoms with Gasteiger partial charge in [-0.1, -0.05) is 18.2 Å². The number of carboxylic acid groups (broad SMARTS) is 1. The number of aliphatic carboxylic acids is 1. The van der Waals surface area contributed by atoms with Gasteiger partial charge in [-0.2, -0.15) is 0 Å². The van der Waals surface area contributed by atoms with Crippen LogP contribution in [0.1, 0.15) is 12.8 Å². The molecule has 22 heavy (non-hydrogen) atoms. The predicted octanol–water partition coefficient (Wildman–Crippen LogP) is 1.38. The van der Waals surface area contributed by atoms with E-state index in [1.54, 1.807) is 4.90 Å². The van der Waals surface area contributed by atoms with Crippen LogP contribution in [0, 0.1) is 5.92 Å². The fourth-order valence-corrected chi connectivity index (χ4v) is 3.16. The largest absolute Gasteiger partial charge is 0.481 e. The normalized spacial score (nSPS) is 24.5. The van der Waals surface area contributed by atoms with Crippen molar-refractivity contribution in [2.45, 2.75) is 18.9 Å². The molecule has 0 aliphatic carbocycles. The van der Waals surface area contributed by atoms with Crippen LogP contribution in [0.4, 0.5) is 10.5 Å². The number of carbonyl (C=O) groups excluding carboxylic acids is 1. The Morgan fingerprint density at radius 1 is 1.09 bits per heavy atom. The predicted molar refractivity (Wildman–Crippen MR) is 82.9 cm³/mol. The van der Waals surface area contributed by atoms with Crippen LogP contribution in [-0.2, 0) is 4.79 Å². The molecule has 1 aromatic rings. The summed E-state index contributed by atoms with van der Waals surface area (Å²) in [5, 5.41) is 12.0. The monoisotopic (exact) mass is 303 g/mol. The zero-order valence-electron chi connectivity index (χ0n) is 12.4. The maximum Gasteiger partial charge on any atom is 0.317 e. The highest BCUT2D eigenvalue weighted by atomic mass is 16.4. The van der Waals surface area contributed by atoms with Crippen LogP contribution in [0.25, 0.3) is 0 Å². The van der Waals surface area contributed by atoms with E-state index in [4.69, 9.17) is 5.11 Å². The maximum absolute atomic E-state index is 12.2. The molecule has 2 fully saturated rings. The first kappa shape index (κ1) is 14.7. The Labute approximate surface area is 129 Å². The summed E-state index contributed by atoms with van der Waals surface area (Å²) in [6, 6.07) is 10.1. The fourth-order valence-electron chi connectivity index (χ4n) is 3.16. The minimum absolute atomic E-state index is 0.122. The van der Waals surface area contributed by atoms with Gasteiger partial charge in [0, 0.05) is 37.9 Å². The Morgan fingerprint density at radius 2 is 1.86 bits per heavy atom. The number of rotatable bonds is 3. The average Bonchev–Trinajstić information content (AvgIpc) is 3.17. The first-order valence-electron chi connectivity index (χ1n) is 7.72. The molecule has 2 aliphatic heterocycles. The van der Waals surface area contributed by atoms with Gasteiger partial charge >= 0.3 is 12.0 Å². The van der Waals surface area contributed by atoms with Crippen molar-refractivity contribution in [2.75, 3.05) is 31.1 Å². The van der Waals surface area contributed by atoms with Gasteiger partial charge in [0.2, 0.25) is 0 Å². The Balaban J connectivity index is 1.50. The van der Waals surface area contributed by atoms with Gasteiger partial charge in [-0.15, -0.1) is 0 Å². The minimum atomic E-state index is -0.814. The van der Waals surface area contributed by atoms with Crippen molar-refractivity contribution in [3.63, 3.8) is 0 Å². The summed E-state index contributed by atoms with van der Waals surface area (Å²) in [6.07, 6.45) is 1.46. The van der Waals surface area contributed by atoms with Crippen molar-refractivity contribution < 1.29 is 14.7 Å². The van der Waals surface area contributed by atoms with Gasteiger partial charge in [0.25, 0.3) is 0 Å². The molecular weight excluding hydrogens is 282 g/mol. The second-order valence-electron chi connectivity index (χ2n) is 5.99. The van der Waals surface area contributed by atoms with Crippen molar-refractivity contribution in [3.8, 4) is 0 Å². The van der Waals surface area contributed by atoms with Gasteiger partial charge in [0.15, 0.2) is 0 Å². The molecule has 6 nitrogen and oxygen atoms in total. The highest BCUT2D eigenvalue weighted by Crippen LogP contribution is 2.21. The van der Waals surface area contributed by atoms with Gasteiger partial charge in [-0.05, 0) is 25.0 Å². The van der Waals surface area contributed by atoms with Crippen LogP contribution in [0.15, 0.2) is 30.3 Å². The molecule has 2 amide bonds. The molecule has 0 saturated carbocycles. The minimum Gasteiger partial charge on any atom is -0.481 e. The van der Waals surface area contributed by atoms with E-state index in [0.717, 1.165) is 19.5 Å². The van der Waals surface area contributed by atoms with Crippen molar-refractivity contribution >= 4 is 17.7 Å². The molecule has 0 aromatic heterocycles. The summed E-state index contributed by atoms with van der Waals surface area (Å²) >= 11 is 0. The summed E-state index contributed by atoms with van der Waals surface area (Å²) in [5.41, 5.74) is 1.17. The van der Waals surface area contributed by atoms with Crippen LogP contribution in [0.2, 0.25) is 0 Å². The zero-order chi connectivity index (χ0) is 15.5. The van der Waals surface area contributed by atoms with Crippen LogP contribution in [0.5, 0.6) is 0 Å². The molecule has 2 heterocycles. The topological polar surface area (TPSA) is 72.9 Å². The first-order chi connectivity index (χ1) is 10.6. The lowest BCUT2D eigenvalue weighted by Gasteiger charge is -2.21. The van der Waals surface area contributed by atoms with Crippen LogP contribution < -0.4 is 10.2 Å². The summed E-state index contributed by atoms with van der Waals surface area (Å²) in [5.74, 6) is -1.23. The van der Waals surface area contributed by atoms with E-state index in [1.165, 1.54) is 5.69 Å². The molecule has 2 atom stereocenters. The molecule has 118 valence electrons. The molecule has 2 unspecified atom stereocenters. The highest BCUT2D eigenvalue weighted by molar-refractivity contribution is 5.77. The smallest absolute Gasteiger partial charge is 0.317 e. The molecule has 0 radical (unpaired) electrons. The third-order valence-electron chi connectivity index (χ3n) is 4.46. The zero-order valence-corrected chi connectivity index (χ0v) is 12.4. The van der Waals surface area contributed by atoms with E-state index < -0.39 is 11.9 Å². The summed E-state index contributed by atoms with van der Waals surface area (Å²) in [7, 11) is 0. The third kappa shape index (κ3) is 3.16. The lowest BCUT2D eigenvalue weighted by Crippen LogP contribution is -2.45. The standard InChI is InChI=1S/C16H21N3O3/c20-15(21)12-6-8-19(10-12)16(22)17-13-7-9-18(11-13)14-4-2-1-3-5-14/h1-5,12-13H,6-11H2,(H,17,22)(H,20,21). The van der Waals surface area contributed by atoms with E-state index in [2.05, 4.69) is 22.3 Å². The molecule has 0 spiro atoms. The first-order valence-corrected chi connectivity index (χ1v) is 7.72. The number of urea groups is 1. The van der Waals surface area contributed by atoms with Gasteiger partial charge in [0.05, 0.1) is 5.92 Å². The Hall–Kier alpha value is -2.24. The lowest BCUT2D eigenvalue weighted by molar-refractivity contribution is -0.141. The van der Waals surface area contributed by atoms with Crippen molar-refractivity contribution in [3.05, 3.63) is 30.3 Å². The van der Waals surface area contributed by atoms with Gasteiger partial charge in [-0.3, -0.25) is 4.79 Å². The Kier molecular flexibility index (Phi) is 4.18. The maximum atomic E-state index is 12.2. The van der Waals surface area contributed by atoms with Crippen LogP contribution in [-0.4, -0.2) is 54.2 Å². The number of likely N-dealkylation sites (tertiary alicyclic amines) is 1. The fraction of sp³-hybridized carbons (Fsp3) is 0.500. The number of carbonyl (C=O) groups is 2. The molecule has 2 saturated heterocycles. The molecule has 0 bridgehead atoms. The highest BCUT2D eigenvalue weighted by Gasteiger charge is 2.32. The van der Waals surface area contributed by atoms with E-state index in [0.29, 0.717) is 19.5 Å². The van der Waals surface area contributed by atoms with E-state index in [9.17, 15) is 9.59 Å². The Bertz CT molecular complexity index is 549. The number of nitrogens with one attached hydrogen (secondary N) is 1. The van der Waals surface area contributed by atoms with Crippen molar-refractivity contribution in [2.24, 2.45) is 5.92 Å². The molecular formula is C16H21N3O3. The van der Waals surface area contributed by atoms with Crippen molar-refractivity contribution in [1.29, 1.82) is 0 Å². The molecule has 2 aliphatic rings. The number of benzene rings is 1. The lowest BCUT2D eigenvalue weighted by atomic mass is 10.1. The van der Waals surface area contributed by atoms with E-state index in [-0.39, 0.29) is 12.1 Å². The SMILES string of the molecule is O=C(O)C1CCN(C(=O)NC2CCN(c3ccccc3)C2)C1. The van der Waals surface area contributed by atoms with Gasteiger partial charge < -0.3 is 20.2 Å². The number of amides is 2. The number of para-hydroxylation sites is 1. The second kappa shape index (κ2) is 6.25. The molecule has 6 heteroatoms. The molecule has 1 aromatic carbocycles. The van der Waals surface area contributed by atoms with Gasteiger partial charge in [0.1, 0.15) is 0 Å². The number of hydrogen-bond donors (Lipinski definition) is 2. The van der Waals surface area contributed by atoms with Crippen LogP contribution >= 0.6 is 0 Å². The van der Waals surface area contributed by atoms with Crippen LogP contribution in [0.3, 0.4) is 0 Å². The number of nitrogens with zero attached hydrogens (tertiary/aromatic N) is 2. The average molecular weight is 303 g/mol. The second-order valence-corrected chi connectivity index (χ2v) is 5.99. The van der Waals surface area contributed by atoms with Crippen molar-refractivity contribution in [1.82, 2.24) is 10.2 Å². The number of hydrogen-bond acceptors (Lipinski definition) is 3. The van der Waals surface area contributed by atoms with Gasteiger partial charge in [-0.25, -0.2) is 4.79 Å². The number of carboxylic acids is 1. The number of anilines is 1. The molecule has 3 rings (SSSR count). The Morgan fingerprint density at radius 3 is 2.55 bits per heavy atom. The quantitative estimate of drug-likeness (QED) is 0.885. The third-order valence-corrected chi connectivity index (χ3v) is 4.46. The summed E-state index contributed by atoms with van der Waals surface area (Å²) < 4.78 is 0. The van der Waals surface area contributed by atoms with E-state index in [1.807, 2.05) is 18.2 Å². The summed E-state index contributed by atoms with van der Waals surface area (Å²) in [6.45, 7) is 2.56. The summed E-state index contributed by atoms with van der Waals surface area (Å²) in [4.78, 5) is 27.0.